The Balaban J connectivity index is 1.22. The van der Waals surface area contributed by atoms with Crippen LogP contribution in [0.4, 0.5) is 0 Å². The maximum Gasteiger partial charge on any atom is 0.260 e. The maximum absolute atomic E-state index is 7.00. The first-order chi connectivity index (χ1) is 27.6. The van der Waals surface area contributed by atoms with Gasteiger partial charge in [-0.25, -0.2) is 0 Å². The van der Waals surface area contributed by atoms with Crippen molar-refractivity contribution in [2.24, 2.45) is 0 Å². The van der Waals surface area contributed by atoms with E-state index in [0.717, 1.165) is 94.6 Å². The highest BCUT2D eigenvalue weighted by Gasteiger charge is 2.41. The van der Waals surface area contributed by atoms with Gasteiger partial charge in [0.25, 0.3) is 6.71 Å². The molecule has 0 radical (unpaired) electrons. The van der Waals surface area contributed by atoms with Crippen molar-refractivity contribution in [2.45, 2.75) is 13.8 Å². The van der Waals surface area contributed by atoms with Gasteiger partial charge in [0.15, 0.2) is 0 Å². The van der Waals surface area contributed by atoms with E-state index in [1.54, 1.807) is 0 Å². The molecule has 8 aromatic carbocycles. The molecule has 0 aliphatic carbocycles. The third kappa shape index (κ3) is 3.85. The molecule has 0 unspecified atom stereocenters. The lowest BCUT2D eigenvalue weighted by molar-refractivity contribution is 0.464. The SMILES string of the molecule is Cc1ccc2c(c1)B1c3cc(C)ccc3Oc3cc(-n4c5ccccc5c5c6oc7ccccc7c6c6c(c7ccccc7n6-c6ccccc6)c54)cc(c31)O2. The Bertz CT molecular complexity index is 3440. The Morgan fingerprint density at radius 2 is 0.964 bits per heavy atom. The van der Waals surface area contributed by atoms with Gasteiger partial charge < -0.3 is 23.0 Å². The van der Waals surface area contributed by atoms with E-state index >= 15 is 0 Å². The Morgan fingerprint density at radius 1 is 0.446 bits per heavy atom. The highest BCUT2D eigenvalue weighted by molar-refractivity contribution is 6.98. The molecule has 0 spiro atoms. The van der Waals surface area contributed by atoms with Crippen molar-refractivity contribution in [3.05, 3.63) is 163 Å². The largest absolute Gasteiger partial charge is 0.458 e. The number of aryl methyl sites for hydroxylation is 2. The Labute approximate surface area is 321 Å². The number of ether oxygens (including phenoxy) is 2. The van der Waals surface area contributed by atoms with E-state index in [-0.39, 0.29) is 6.71 Å². The summed E-state index contributed by atoms with van der Waals surface area (Å²) >= 11 is 0. The first-order valence-electron chi connectivity index (χ1n) is 19.2. The van der Waals surface area contributed by atoms with E-state index in [1.807, 2.05) is 0 Å². The van der Waals surface area contributed by atoms with Gasteiger partial charge in [0, 0.05) is 44.8 Å². The number of furan rings is 1. The van der Waals surface area contributed by atoms with Gasteiger partial charge in [0.05, 0.1) is 38.5 Å². The molecule has 2 aliphatic heterocycles. The van der Waals surface area contributed by atoms with Gasteiger partial charge in [-0.2, -0.15) is 0 Å². The third-order valence-corrected chi connectivity index (χ3v) is 12.1. The Kier molecular flexibility index (Phi) is 5.79. The number of nitrogens with zero attached hydrogens (tertiary/aromatic N) is 2. The molecule has 262 valence electrons. The lowest BCUT2D eigenvalue weighted by Gasteiger charge is -2.33. The monoisotopic (exact) mass is 718 g/mol. The quantitative estimate of drug-likeness (QED) is 0.167. The van der Waals surface area contributed by atoms with Crippen LogP contribution in [0.3, 0.4) is 0 Å². The molecule has 6 heteroatoms. The number of hydrogen-bond acceptors (Lipinski definition) is 3. The summed E-state index contributed by atoms with van der Waals surface area (Å²) in [5.41, 5.74) is 14.0. The normalized spacial score (nSPS) is 13.1. The summed E-state index contributed by atoms with van der Waals surface area (Å²) in [6, 6.07) is 54.1. The number of para-hydroxylation sites is 4. The highest BCUT2D eigenvalue weighted by atomic mass is 16.5. The summed E-state index contributed by atoms with van der Waals surface area (Å²) < 4.78 is 25.6. The molecule has 0 saturated heterocycles. The second-order valence-corrected chi connectivity index (χ2v) is 15.4. The fraction of sp³-hybridized carbons (Fsp3) is 0.0400. The van der Waals surface area contributed by atoms with E-state index in [0.29, 0.717) is 0 Å². The molecule has 13 rings (SSSR count). The molecule has 0 saturated carbocycles. The standard InChI is InChI=1S/C50H31BN2O3/c1-28-20-22-40-35(24-28)51-36-25-29(2)21-23-41(36)55-43-27-31(26-42(54-40)47(43)51)53-38-18-10-7-15-33(38)45-48(53)44-32-14-6-9-17-37(32)52(30-12-4-3-5-13-30)49(44)46-34-16-8-11-19-39(34)56-50(45)46/h3-27H,1-2H3. The zero-order chi connectivity index (χ0) is 36.8. The minimum absolute atomic E-state index is 0.00905. The van der Waals surface area contributed by atoms with E-state index in [1.165, 1.54) is 32.8 Å². The predicted octanol–water partition coefficient (Wildman–Crippen LogP) is 11.1. The molecule has 11 aromatic rings. The second-order valence-electron chi connectivity index (χ2n) is 15.4. The molecule has 3 aromatic heterocycles. The summed E-state index contributed by atoms with van der Waals surface area (Å²) in [5.74, 6) is 3.38. The molecule has 2 aliphatic rings. The van der Waals surface area contributed by atoms with Crippen LogP contribution in [0.15, 0.2) is 156 Å². The van der Waals surface area contributed by atoms with Crippen LogP contribution >= 0.6 is 0 Å². The van der Waals surface area contributed by atoms with E-state index in [4.69, 9.17) is 13.9 Å². The van der Waals surface area contributed by atoms with Crippen molar-refractivity contribution in [1.29, 1.82) is 0 Å². The van der Waals surface area contributed by atoms with Crippen molar-refractivity contribution in [3.63, 3.8) is 0 Å². The fourth-order valence-electron chi connectivity index (χ4n) is 9.85. The van der Waals surface area contributed by atoms with Gasteiger partial charge >= 0.3 is 0 Å². The lowest BCUT2D eigenvalue weighted by atomic mass is 9.34. The summed E-state index contributed by atoms with van der Waals surface area (Å²) in [6.07, 6.45) is 0. The third-order valence-electron chi connectivity index (χ3n) is 12.1. The smallest absolute Gasteiger partial charge is 0.260 e. The fourth-order valence-corrected chi connectivity index (χ4v) is 9.85. The van der Waals surface area contributed by atoms with E-state index < -0.39 is 0 Å². The minimum Gasteiger partial charge on any atom is -0.458 e. The predicted molar refractivity (Wildman–Crippen MR) is 230 cm³/mol. The van der Waals surface area contributed by atoms with Crippen molar-refractivity contribution in [3.8, 4) is 34.4 Å². The van der Waals surface area contributed by atoms with Crippen LogP contribution in [0, 0.1) is 13.8 Å². The maximum atomic E-state index is 7.00. The van der Waals surface area contributed by atoms with Gasteiger partial charge in [0.2, 0.25) is 0 Å². The first kappa shape index (κ1) is 30.2. The molecule has 0 amide bonds. The van der Waals surface area contributed by atoms with Crippen LogP contribution in [-0.2, 0) is 0 Å². The molecular formula is C50H31BN2O3. The molecule has 5 heterocycles. The molecule has 56 heavy (non-hydrogen) atoms. The summed E-state index contributed by atoms with van der Waals surface area (Å²) in [6.45, 7) is 4.28. The number of benzene rings is 8. The zero-order valence-electron chi connectivity index (χ0n) is 30.6. The molecule has 0 bridgehead atoms. The summed E-state index contributed by atoms with van der Waals surface area (Å²) in [4.78, 5) is 0. The number of hydrogen-bond donors (Lipinski definition) is 0. The van der Waals surface area contributed by atoms with E-state index in [2.05, 4.69) is 175 Å². The number of rotatable bonds is 2. The second kappa shape index (κ2) is 10.7. The van der Waals surface area contributed by atoms with Crippen LogP contribution in [0.5, 0.6) is 23.0 Å². The van der Waals surface area contributed by atoms with Gasteiger partial charge in [-0.1, -0.05) is 108 Å². The van der Waals surface area contributed by atoms with Gasteiger partial charge in [-0.15, -0.1) is 0 Å². The topological polar surface area (TPSA) is 41.5 Å². The summed E-state index contributed by atoms with van der Waals surface area (Å²) in [7, 11) is 0. The number of aromatic nitrogens is 2. The Morgan fingerprint density at radius 3 is 1.61 bits per heavy atom. The number of fused-ring (bicyclic) bond motifs is 16. The molecule has 0 N–H and O–H groups in total. The van der Waals surface area contributed by atoms with Gasteiger partial charge in [-0.05, 0) is 67.2 Å². The van der Waals surface area contributed by atoms with E-state index in [9.17, 15) is 0 Å². The zero-order valence-corrected chi connectivity index (χ0v) is 30.6. The average Bonchev–Trinajstić information content (AvgIpc) is 3.89. The van der Waals surface area contributed by atoms with Gasteiger partial charge in [0.1, 0.15) is 34.2 Å². The minimum atomic E-state index is -0.00905. The van der Waals surface area contributed by atoms with Crippen molar-refractivity contribution in [1.82, 2.24) is 9.13 Å². The molecular weight excluding hydrogens is 687 g/mol. The summed E-state index contributed by atoms with van der Waals surface area (Å²) in [5, 5.41) is 6.76. The Hall–Kier alpha value is -7.18. The van der Waals surface area contributed by atoms with Crippen LogP contribution in [0.25, 0.3) is 76.9 Å². The van der Waals surface area contributed by atoms with Crippen LogP contribution < -0.4 is 25.9 Å². The van der Waals surface area contributed by atoms with Crippen molar-refractivity contribution in [2.75, 3.05) is 0 Å². The van der Waals surface area contributed by atoms with Crippen LogP contribution in [0.2, 0.25) is 0 Å². The molecule has 0 atom stereocenters. The van der Waals surface area contributed by atoms with Gasteiger partial charge in [-0.3, -0.25) is 0 Å². The van der Waals surface area contributed by atoms with Crippen LogP contribution in [0.1, 0.15) is 11.1 Å². The van der Waals surface area contributed by atoms with Crippen LogP contribution in [-0.4, -0.2) is 15.8 Å². The van der Waals surface area contributed by atoms with Crippen molar-refractivity contribution < 1.29 is 13.9 Å². The molecule has 5 nitrogen and oxygen atoms in total. The molecule has 0 fully saturated rings. The highest BCUT2D eigenvalue weighted by Crippen LogP contribution is 2.50. The average molecular weight is 719 g/mol. The van der Waals surface area contributed by atoms with Crippen molar-refractivity contribution >= 4 is 88.7 Å². The lowest BCUT2D eigenvalue weighted by Crippen LogP contribution is -2.57. The first-order valence-corrected chi connectivity index (χ1v) is 19.2.